The van der Waals surface area contributed by atoms with Gasteiger partial charge in [0.05, 0.1) is 21.8 Å². The Hall–Kier alpha value is -2.40. The van der Waals surface area contributed by atoms with Crippen molar-refractivity contribution in [2.75, 3.05) is 20.2 Å². The first-order chi connectivity index (χ1) is 13.1. The molecule has 0 aliphatic rings. The summed E-state index contributed by atoms with van der Waals surface area (Å²) in [7, 11) is 1.84. The molecule has 2 aromatic carbocycles. The molecule has 0 atom stereocenters. The van der Waals surface area contributed by atoms with E-state index in [-0.39, 0.29) is 5.91 Å². The van der Waals surface area contributed by atoms with Gasteiger partial charge >= 0.3 is 0 Å². The van der Waals surface area contributed by atoms with Crippen LogP contribution >= 0.6 is 11.3 Å². The summed E-state index contributed by atoms with van der Waals surface area (Å²) in [6, 6.07) is 16.2. The number of likely N-dealkylation sites (N-methyl/N-ethyl adjacent to an activating group) is 1. The maximum atomic E-state index is 12.2. The van der Waals surface area contributed by atoms with Gasteiger partial charge in [0, 0.05) is 13.5 Å². The van der Waals surface area contributed by atoms with Gasteiger partial charge in [-0.15, -0.1) is 11.3 Å². The lowest BCUT2D eigenvalue weighted by atomic mass is 10.2. The molecule has 5 heteroatoms. The molecule has 0 spiro atoms. The molecule has 4 nitrogen and oxygen atoms in total. The van der Waals surface area contributed by atoms with E-state index in [4.69, 9.17) is 4.74 Å². The maximum absolute atomic E-state index is 12.2. The normalized spacial score (nSPS) is 10.9. The van der Waals surface area contributed by atoms with Crippen LogP contribution in [0.25, 0.3) is 10.2 Å². The third-order valence-corrected chi connectivity index (χ3v) is 5.58. The van der Waals surface area contributed by atoms with E-state index in [2.05, 4.69) is 11.1 Å². The molecule has 0 aliphatic heterocycles. The Morgan fingerprint density at radius 1 is 1.15 bits per heavy atom. The third kappa shape index (κ3) is 5.79. The zero-order chi connectivity index (χ0) is 19.1. The van der Waals surface area contributed by atoms with Crippen molar-refractivity contribution in [3.63, 3.8) is 0 Å². The number of rotatable bonds is 9. The second-order valence-electron chi connectivity index (χ2n) is 6.76. The molecule has 1 amide bonds. The molecule has 0 N–H and O–H groups in total. The summed E-state index contributed by atoms with van der Waals surface area (Å²) in [6.45, 7) is 3.15. The molecule has 1 aromatic heterocycles. The quantitative estimate of drug-likeness (QED) is 0.497. The van der Waals surface area contributed by atoms with Crippen LogP contribution in [-0.2, 0) is 11.2 Å². The molecule has 0 radical (unpaired) electrons. The Balaban J connectivity index is 1.33. The lowest BCUT2D eigenvalue weighted by Crippen LogP contribution is -2.30. The number of ether oxygens (including phenoxy) is 1. The summed E-state index contributed by atoms with van der Waals surface area (Å²) in [5, 5.41) is 1.16. The van der Waals surface area contributed by atoms with Crippen molar-refractivity contribution in [2.24, 2.45) is 0 Å². The van der Waals surface area contributed by atoms with Crippen LogP contribution in [0, 0.1) is 6.92 Å². The molecule has 1 heterocycles. The first-order valence-electron chi connectivity index (χ1n) is 9.40. The summed E-state index contributed by atoms with van der Waals surface area (Å²) in [5.41, 5.74) is 2.24. The minimum Gasteiger partial charge on any atom is -0.492 e. The van der Waals surface area contributed by atoms with Crippen LogP contribution in [0.2, 0.25) is 0 Å². The lowest BCUT2D eigenvalue weighted by Gasteiger charge is -2.17. The van der Waals surface area contributed by atoms with E-state index in [1.54, 1.807) is 16.2 Å². The summed E-state index contributed by atoms with van der Waals surface area (Å²) in [4.78, 5) is 18.7. The van der Waals surface area contributed by atoms with Crippen LogP contribution in [0.4, 0.5) is 0 Å². The predicted octanol–water partition coefficient (Wildman–Crippen LogP) is 4.85. The Labute approximate surface area is 164 Å². The number of hydrogen-bond acceptors (Lipinski definition) is 4. The van der Waals surface area contributed by atoms with Crippen molar-refractivity contribution in [2.45, 2.75) is 32.6 Å². The van der Waals surface area contributed by atoms with Crippen LogP contribution in [0.15, 0.2) is 48.5 Å². The number of benzene rings is 2. The molecule has 0 fully saturated rings. The van der Waals surface area contributed by atoms with Gasteiger partial charge in [0.15, 0.2) is 0 Å². The highest BCUT2D eigenvalue weighted by molar-refractivity contribution is 7.18. The van der Waals surface area contributed by atoms with Gasteiger partial charge in [-0.1, -0.05) is 24.3 Å². The fraction of sp³-hybridized carbons (Fsp3) is 0.364. The summed E-state index contributed by atoms with van der Waals surface area (Å²) in [6.07, 6.45) is 3.38. The van der Waals surface area contributed by atoms with Gasteiger partial charge in [0.2, 0.25) is 5.91 Å². The predicted molar refractivity (Wildman–Crippen MR) is 111 cm³/mol. The van der Waals surface area contributed by atoms with E-state index in [1.807, 2.05) is 56.4 Å². The molecular weight excluding hydrogens is 356 g/mol. The Morgan fingerprint density at radius 3 is 2.81 bits per heavy atom. The topological polar surface area (TPSA) is 42.4 Å². The monoisotopic (exact) mass is 382 g/mol. The smallest absolute Gasteiger partial charge is 0.222 e. The third-order valence-electron chi connectivity index (χ3n) is 4.48. The molecule has 0 saturated carbocycles. The van der Waals surface area contributed by atoms with Crippen molar-refractivity contribution < 1.29 is 9.53 Å². The second-order valence-corrected chi connectivity index (χ2v) is 7.88. The number of amides is 1. The zero-order valence-electron chi connectivity index (χ0n) is 16.0. The van der Waals surface area contributed by atoms with Crippen LogP contribution < -0.4 is 4.74 Å². The molecule has 142 valence electrons. The molecule has 0 saturated heterocycles. The van der Waals surface area contributed by atoms with Gasteiger partial charge in [-0.2, -0.15) is 0 Å². The van der Waals surface area contributed by atoms with E-state index in [9.17, 15) is 4.79 Å². The first kappa shape index (κ1) is 19.4. The van der Waals surface area contributed by atoms with E-state index in [1.165, 1.54) is 10.3 Å². The number of nitrogens with zero attached hydrogens (tertiary/aromatic N) is 2. The molecule has 0 unspecified atom stereocenters. The highest BCUT2D eigenvalue weighted by atomic mass is 32.1. The molecule has 0 bridgehead atoms. The van der Waals surface area contributed by atoms with Gasteiger partial charge < -0.3 is 9.64 Å². The van der Waals surface area contributed by atoms with Crippen molar-refractivity contribution in [1.82, 2.24) is 9.88 Å². The SMILES string of the molecule is Cc1cccc(OCCN(C)C(=O)CCCCc2nc3ccccc3s2)c1. The average molecular weight is 383 g/mol. The van der Waals surface area contributed by atoms with Crippen molar-refractivity contribution in [3.05, 3.63) is 59.1 Å². The first-order valence-corrected chi connectivity index (χ1v) is 10.2. The Kier molecular flexibility index (Phi) is 6.82. The van der Waals surface area contributed by atoms with Gasteiger partial charge in [-0.05, 0) is 56.0 Å². The van der Waals surface area contributed by atoms with Crippen molar-refractivity contribution in [1.29, 1.82) is 0 Å². The minimum absolute atomic E-state index is 0.173. The van der Waals surface area contributed by atoms with Gasteiger partial charge in [0.1, 0.15) is 12.4 Å². The molecule has 0 aliphatic carbocycles. The van der Waals surface area contributed by atoms with Gasteiger partial charge in [-0.25, -0.2) is 4.98 Å². The Morgan fingerprint density at radius 2 is 2.00 bits per heavy atom. The number of hydrogen-bond donors (Lipinski definition) is 0. The number of aryl methyl sites for hydroxylation is 2. The number of para-hydroxylation sites is 1. The number of carbonyl (C=O) groups excluding carboxylic acids is 1. The van der Waals surface area contributed by atoms with E-state index in [0.717, 1.165) is 35.5 Å². The van der Waals surface area contributed by atoms with E-state index >= 15 is 0 Å². The summed E-state index contributed by atoms with van der Waals surface area (Å²) < 4.78 is 6.95. The second kappa shape index (κ2) is 9.51. The van der Waals surface area contributed by atoms with Crippen LogP contribution in [0.5, 0.6) is 5.75 Å². The standard InChI is InChI=1S/C22H26N2O2S/c1-17-8-7-9-18(16-17)26-15-14-24(2)22(25)13-6-5-12-21-23-19-10-3-4-11-20(19)27-21/h3-4,7-11,16H,5-6,12-15H2,1-2H3. The van der Waals surface area contributed by atoms with Gasteiger partial charge in [0.25, 0.3) is 0 Å². The Bertz CT molecular complexity index is 858. The molecular formula is C22H26N2O2S. The number of aromatic nitrogens is 1. The van der Waals surface area contributed by atoms with Crippen LogP contribution in [-0.4, -0.2) is 36.0 Å². The number of unbranched alkanes of at least 4 members (excludes halogenated alkanes) is 1. The fourth-order valence-corrected chi connectivity index (χ4v) is 3.91. The van der Waals surface area contributed by atoms with Crippen LogP contribution in [0.3, 0.4) is 0 Å². The van der Waals surface area contributed by atoms with Crippen molar-refractivity contribution >= 4 is 27.5 Å². The zero-order valence-corrected chi connectivity index (χ0v) is 16.8. The summed E-state index contributed by atoms with van der Waals surface area (Å²) in [5.74, 6) is 1.03. The molecule has 3 rings (SSSR count). The van der Waals surface area contributed by atoms with Crippen LogP contribution in [0.1, 0.15) is 29.8 Å². The number of thiazole rings is 1. The van der Waals surface area contributed by atoms with Crippen molar-refractivity contribution in [3.8, 4) is 5.75 Å². The largest absolute Gasteiger partial charge is 0.492 e. The molecule has 3 aromatic rings. The van der Waals surface area contributed by atoms with E-state index in [0.29, 0.717) is 19.6 Å². The minimum atomic E-state index is 0.173. The molecule has 27 heavy (non-hydrogen) atoms. The highest BCUT2D eigenvalue weighted by Gasteiger charge is 2.09. The fourth-order valence-electron chi connectivity index (χ4n) is 2.90. The maximum Gasteiger partial charge on any atom is 0.222 e. The highest BCUT2D eigenvalue weighted by Crippen LogP contribution is 2.23. The van der Waals surface area contributed by atoms with Gasteiger partial charge in [-0.3, -0.25) is 4.79 Å². The lowest BCUT2D eigenvalue weighted by molar-refractivity contribution is -0.130. The summed E-state index contributed by atoms with van der Waals surface area (Å²) >= 11 is 1.75. The number of carbonyl (C=O) groups is 1. The van der Waals surface area contributed by atoms with E-state index < -0.39 is 0 Å². The number of fused-ring (bicyclic) bond motifs is 1. The average Bonchev–Trinajstić information content (AvgIpc) is 3.08.